The molecule has 1 N–H and O–H groups in total. The normalized spacial score (nSPS) is 18.4. The Hall–Kier alpha value is -3.63. The van der Waals surface area contributed by atoms with Crippen molar-refractivity contribution < 1.29 is 22.4 Å². The van der Waals surface area contributed by atoms with E-state index < -0.39 is 23.5 Å². The minimum absolute atomic E-state index is 0.0169. The van der Waals surface area contributed by atoms with Crippen molar-refractivity contribution in [1.82, 2.24) is 24.8 Å². The van der Waals surface area contributed by atoms with Crippen molar-refractivity contribution in [2.75, 3.05) is 18.4 Å². The molecule has 184 valence electrons. The van der Waals surface area contributed by atoms with E-state index in [1.165, 1.54) is 12.4 Å². The number of hydrogen-bond donors (Lipinski definition) is 1. The average Bonchev–Trinajstić information content (AvgIpc) is 2.84. The predicted octanol–water partition coefficient (Wildman–Crippen LogP) is 4.75. The number of likely N-dealkylation sites (tertiary alicyclic amines) is 1. The van der Waals surface area contributed by atoms with Crippen molar-refractivity contribution >= 4 is 11.9 Å². The van der Waals surface area contributed by atoms with Gasteiger partial charge in [0.05, 0.1) is 17.2 Å². The maximum Gasteiger partial charge on any atom is 0.419 e. The predicted molar refractivity (Wildman–Crippen MR) is 121 cm³/mol. The molecule has 0 aliphatic carbocycles. The van der Waals surface area contributed by atoms with Crippen LogP contribution >= 0.6 is 0 Å². The van der Waals surface area contributed by atoms with Gasteiger partial charge in [0.2, 0.25) is 5.95 Å². The zero-order valence-corrected chi connectivity index (χ0v) is 19.2. The smallest absolute Gasteiger partial charge is 0.352 e. The van der Waals surface area contributed by atoms with Crippen LogP contribution in [0.25, 0.3) is 11.4 Å². The first-order valence-corrected chi connectivity index (χ1v) is 11.2. The summed E-state index contributed by atoms with van der Waals surface area (Å²) in [5.41, 5.74) is -0.418. The van der Waals surface area contributed by atoms with Crippen LogP contribution in [0.1, 0.15) is 41.3 Å². The number of anilines is 1. The highest BCUT2D eigenvalue weighted by Gasteiger charge is 2.35. The SMILES string of the molecule is Cc1ccc(-c2ncccn2)c(C(=O)N2CCC[C@@H](C)[C@H]2CNc2ncc(C(F)(F)F)cn2)c1F. The minimum atomic E-state index is -4.53. The van der Waals surface area contributed by atoms with E-state index in [-0.39, 0.29) is 35.8 Å². The third-order valence-electron chi connectivity index (χ3n) is 6.18. The lowest BCUT2D eigenvalue weighted by molar-refractivity contribution is -0.138. The van der Waals surface area contributed by atoms with Crippen molar-refractivity contribution in [3.05, 3.63) is 65.5 Å². The lowest BCUT2D eigenvalue weighted by atomic mass is 9.89. The molecule has 2 atom stereocenters. The van der Waals surface area contributed by atoms with Crippen LogP contribution in [0.15, 0.2) is 43.0 Å². The molecule has 2 aromatic heterocycles. The van der Waals surface area contributed by atoms with Crippen LogP contribution in [-0.2, 0) is 6.18 Å². The molecule has 11 heteroatoms. The van der Waals surface area contributed by atoms with Gasteiger partial charge in [0.1, 0.15) is 5.82 Å². The Morgan fingerprint density at radius 2 is 1.83 bits per heavy atom. The van der Waals surface area contributed by atoms with Crippen LogP contribution in [0.4, 0.5) is 23.5 Å². The fourth-order valence-electron chi connectivity index (χ4n) is 4.23. The molecular weight excluding hydrogens is 464 g/mol. The van der Waals surface area contributed by atoms with Gasteiger partial charge in [-0.1, -0.05) is 13.0 Å². The molecule has 0 saturated carbocycles. The number of hydrogen-bond acceptors (Lipinski definition) is 6. The minimum Gasteiger partial charge on any atom is -0.352 e. The van der Waals surface area contributed by atoms with Gasteiger partial charge in [-0.2, -0.15) is 13.2 Å². The van der Waals surface area contributed by atoms with Crippen LogP contribution in [0.2, 0.25) is 0 Å². The van der Waals surface area contributed by atoms with Crippen LogP contribution in [0.3, 0.4) is 0 Å². The van der Waals surface area contributed by atoms with Crippen LogP contribution in [-0.4, -0.2) is 49.9 Å². The molecule has 1 aromatic carbocycles. The van der Waals surface area contributed by atoms with Crippen LogP contribution < -0.4 is 5.32 Å². The standard InChI is InChI=1S/C24H24F4N6O/c1-14-5-3-10-34(18(14)13-33-23-31-11-16(12-32-23)24(26,27)28)22(35)19-17(7-6-15(2)20(19)25)21-29-8-4-9-30-21/h4,6-9,11-12,14,18H,3,5,10,13H2,1-2H3,(H,31,32,33)/t14-,18-/m1/s1. The number of alkyl halides is 3. The number of piperidine rings is 1. The van der Waals surface area contributed by atoms with E-state index in [1.807, 2.05) is 6.92 Å². The fraction of sp³-hybridized carbons (Fsp3) is 0.375. The number of nitrogens with one attached hydrogen (secondary N) is 1. The summed E-state index contributed by atoms with van der Waals surface area (Å²) in [5.74, 6) is -0.800. The Balaban J connectivity index is 1.61. The first-order chi connectivity index (χ1) is 16.7. The molecule has 0 radical (unpaired) electrons. The monoisotopic (exact) mass is 488 g/mol. The van der Waals surface area contributed by atoms with E-state index in [0.29, 0.717) is 30.1 Å². The topological polar surface area (TPSA) is 83.9 Å². The number of nitrogens with zero attached hydrogens (tertiary/aromatic N) is 5. The van der Waals surface area contributed by atoms with E-state index >= 15 is 4.39 Å². The maximum atomic E-state index is 15.3. The van der Waals surface area contributed by atoms with Gasteiger partial charge in [-0.25, -0.2) is 24.3 Å². The number of carbonyl (C=O) groups excluding carboxylic acids is 1. The van der Waals surface area contributed by atoms with E-state index in [4.69, 9.17) is 0 Å². The van der Waals surface area contributed by atoms with Crippen molar-refractivity contribution in [2.24, 2.45) is 5.92 Å². The molecule has 35 heavy (non-hydrogen) atoms. The van der Waals surface area contributed by atoms with Gasteiger partial charge >= 0.3 is 6.18 Å². The van der Waals surface area contributed by atoms with Crippen LogP contribution in [0, 0.1) is 18.7 Å². The Bertz CT molecular complexity index is 1190. The number of aromatic nitrogens is 4. The van der Waals surface area contributed by atoms with Crippen molar-refractivity contribution in [1.29, 1.82) is 0 Å². The van der Waals surface area contributed by atoms with Gasteiger partial charge < -0.3 is 10.2 Å². The quantitative estimate of drug-likeness (QED) is 0.522. The summed E-state index contributed by atoms with van der Waals surface area (Å²) >= 11 is 0. The second-order valence-electron chi connectivity index (χ2n) is 8.55. The number of rotatable bonds is 5. The molecule has 3 aromatic rings. The second kappa shape index (κ2) is 9.93. The third-order valence-corrected chi connectivity index (χ3v) is 6.18. The lowest BCUT2D eigenvalue weighted by Crippen LogP contribution is -2.51. The molecule has 1 aliphatic heterocycles. The van der Waals surface area contributed by atoms with Crippen LogP contribution in [0.5, 0.6) is 0 Å². The van der Waals surface area contributed by atoms with Gasteiger partial charge in [0.15, 0.2) is 5.82 Å². The van der Waals surface area contributed by atoms with E-state index in [0.717, 1.165) is 12.8 Å². The second-order valence-corrected chi connectivity index (χ2v) is 8.55. The van der Waals surface area contributed by atoms with Crippen molar-refractivity contribution in [3.8, 4) is 11.4 Å². The molecule has 1 saturated heterocycles. The highest BCUT2D eigenvalue weighted by atomic mass is 19.4. The van der Waals surface area contributed by atoms with Crippen molar-refractivity contribution in [2.45, 2.75) is 38.9 Å². The molecule has 7 nitrogen and oxygen atoms in total. The zero-order chi connectivity index (χ0) is 25.2. The number of aryl methyl sites for hydroxylation is 1. The summed E-state index contributed by atoms with van der Waals surface area (Å²) < 4.78 is 53.7. The zero-order valence-electron chi connectivity index (χ0n) is 19.2. The summed E-state index contributed by atoms with van der Waals surface area (Å²) in [4.78, 5) is 31.2. The van der Waals surface area contributed by atoms with Gasteiger partial charge in [-0.05, 0) is 43.4 Å². The molecule has 3 heterocycles. The summed E-state index contributed by atoms with van der Waals surface area (Å²) in [6.45, 7) is 4.17. The summed E-state index contributed by atoms with van der Waals surface area (Å²) in [7, 11) is 0. The molecule has 1 aliphatic rings. The maximum absolute atomic E-state index is 15.3. The van der Waals surface area contributed by atoms with Crippen molar-refractivity contribution in [3.63, 3.8) is 0 Å². The highest BCUT2D eigenvalue weighted by molar-refractivity contribution is 6.01. The molecule has 0 bridgehead atoms. The van der Waals surface area contributed by atoms with Gasteiger partial charge in [-0.3, -0.25) is 4.79 Å². The Labute approximate surface area is 199 Å². The first-order valence-electron chi connectivity index (χ1n) is 11.2. The molecular formula is C24H24F4N6O. The molecule has 4 rings (SSSR count). The average molecular weight is 488 g/mol. The van der Waals surface area contributed by atoms with Gasteiger partial charge in [0.25, 0.3) is 5.91 Å². The van der Waals surface area contributed by atoms with E-state index in [1.54, 1.807) is 30.0 Å². The third kappa shape index (κ3) is 5.23. The van der Waals surface area contributed by atoms with E-state index in [9.17, 15) is 18.0 Å². The molecule has 1 amide bonds. The number of halogens is 4. The Kier molecular flexibility index (Phi) is 6.95. The summed E-state index contributed by atoms with van der Waals surface area (Å²) in [5, 5.41) is 2.93. The molecule has 0 unspecified atom stereocenters. The summed E-state index contributed by atoms with van der Waals surface area (Å²) in [6, 6.07) is 4.49. The number of carbonyl (C=O) groups is 1. The fourth-order valence-corrected chi connectivity index (χ4v) is 4.23. The van der Waals surface area contributed by atoms with Gasteiger partial charge in [-0.15, -0.1) is 0 Å². The lowest BCUT2D eigenvalue weighted by Gasteiger charge is -2.40. The molecule has 0 spiro atoms. The Morgan fingerprint density at radius 1 is 1.14 bits per heavy atom. The summed E-state index contributed by atoms with van der Waals surface area (Å²) in [6.07, 6.45) is 1.51. The van der Waals surface area contributed by atoms with E-state index in [2.05, 4.69) is 25.3 Å². The number of amides is 1. The Morgan fingerprint density at radius 3 is 2.49 bits per heavy atom. The van der Waals surface area contributed by atoms with Gasteiger partial charge in [0, 0.05) is 43.4 Å². The highest BCUT2D eigenvalue weighted by Crippen LogP contribution is 2.31. The number of benzene rings is 1. The molecule has 1 fully saturated rings. The largest absolute Gasteiger partial charge is 0.419 e. The first kappa shape index (κ1) is 24.5.